The Balaban J connectivity index is 1.51. The van der Waals surface area contributed by atoms with Gasteiger partial charge in [0.05, 0.1) is 12.3 Å². The van der Waals surface area contributed by atoms with Crippen LogP contribution in [0, 0.1) is 0 Å². The number of hydrogen-bond donors (Lipinski definition) is 1. The van der Waals surface area contributed by atoms with Crippen LogP contribution in [0.2, 0.25) is 0 Å². The zero-order valence-corrected chi connectivity index (χ0v) is 15.8. The van der Waals surface area contributed by atoms with Crippen LogP contribution in [0.15, 0.2) is 59.7 Å². The second-order valence-electron chi connectivity index (χ2n) is 7.01. The lowest BCUT2D eigenvalue weighted by molar-refractivity contribution is -0.132. The summed E-state index contributed by atoms with van der Waals surface area (Å²) >= 11 is 0. The van der Waals surface area contributed by atoms with Crippen molar-refractivity contribution in [1.29, 1.82) is 0 Å². The van der Waals surface area contributed by atoms with E-state index in [9.17, 15) is 9.59 Å². The summed E-state index contributed by atoms with van der Waals surface area (Å²) in [5.41, 5.74) is 3.89. The molecule has 1 heterocycles. The Morgan fingerprint density at radius 1 is 1.07 bits per heavy atom. The average Bonchev–Trinajstić information content (AvgIpc) is 3.17. The number of carbonyl (C=O) groups excluding carboxylic acids is 2. The highest BCUT2D eigenvalue weighted by Crippen LogP contribution is 2.19. The summed E-state index contributed by atoms with van der Waals surface area (Å²) in [4.78, 5) is 24.5. The van der Waals surface area contributed by atoms with Crippen molar-refractivity contribution >= 4 is 23.2 Å². The molecule has 3 rings (SSSR count). The molecular formula is C22H25N3O2. The number of amides is 2. The fourth-order valence-electron chi connectivity index (χ4n) is 3.02. The van der Waals surface area contributed by atoms with Gasteiger partial charge in [-0.25, -0.2) is 5.01 Å². The van der Waals surface area contributed by atoms with Crippen LogP contribution in [0.5, 0.6) is 0 Å². The van der Waals surface area contributed by atoms with Crippen molar-refractivity contribution in [1.82, 2.24) is 5.01 Å². The number of benzene rings is 2. The first-order valence-electron chi connectivity index (χ1n) is 9.36. The van der Waals surface area contributed by atoms with E-state index in [1.165, 1.54) is 10.6 Å². The van der Waals surface area contributed by atoms with Gasteiger partial charge < -0.3 is 5.32 Å². The second-order valence-corrected chi connectivity index (χ2v) is 7.01. The van der Waals surface area contributed by atoms with E-state index in [1.54, 1.807) is 0 Å². The molecule has 0 bridgehead atoms. The molecule has 0 saturated heterocycles. The Hall–Kier alpha value is -2.95. The molecule has 1 N–H and O–H groups in total. The molecule has 0 radical (unpaired) electrons. The summed E-state index contributed by atoms with van der Waals surface area (Å²) in [6.45, 7) is 4.79. The van der Waals surface area contributed by atoms with Gasteiger partial charge in [-0.2, -0.15) is 5.10 Å². The van der Waals surface area contributed by atoms with Gasteiger partial charge in [-0.3, -0.25) is 9.59 Å². The first kappa shape index (κ1) is 18.8. The zero-order valence-electron chi connectivity index (χ0n) is 15.8. The maximum atomic E-state index is 12.4. The number of hydrogen-bond acceptors (Lipinski definition) is 3. The van der Waals surface area contributed by atoms with Crippen LogP contribution in [0.3, 0.4) is 0 Å². The van der Waals surface area contributed by atoms with Gasteiger partial charge in [0.15, 0.2) is 0 Å². The van der Waals surface area contributed by atoms with Crippen LogP contribution in [-0.2, 0) is 9.59 Å². The zero-order chi connectivity index (χ0) is 19.2. The third-order valence-corrected chi connectivity index (χ3v) is 4.60. The molecule has 0 fully saturated rings. The Morgan fingerprint density at radius 3 is 2.59 bits per heavy atom. The molecule has 5 heteroatoms. The van der Waals surface area contributed by atoms with Crippen LogP contribution in [0.4, 0.5) is 5.69 Å². The standard InChI is InChI=1S/C22H25N3O2/c1-16(2)18-9-6-10-19(15-18)23-21(26)11-12-22(27)25-14-13-20(24-25)17-7-4-3-5-8-17/h3-10,15-16H,11-14H2,1-2H3,(H,23,26). The largest absolute Gasteiger partial charge is 0.326 e. The quantitative estimate of drug-likeness (QED) is 0.837. The van der Waals surface area contributed by atoms with Gasteiger partial charge in [0, 0.05) is 24.9 Å². The van der Waals surface area contributed by atoms with Crippen molar-refractivity contribution in [3.63, 3.8) is 0 Å². The minimum Gasteiger partial charge on any atom is -0.326 e. The minimum atomic E-state index is -0.157. The van der Waals surface area contributed by atoms with Gasteiger partial charge in [0.1, 0.15) is 0 Å². The van der Waals surface area contributed by atoms with Crippen molar-refractivity contribution in [2.24, 2.45) is 5.10 Å². The summed E-state index contributed by atoms with van der Waals surface area (Å²) < 4.78 is 0. The third kappa shape index (κ3) is 5.03. The third-order valence-electron chi connectivity index (χ3n) is 4.60. The SMILES string of the molecule is CC(C)c1cccc(NC(=O)CCC(=O)N2CCC(c3ccccc3)=N2)c1. The van der Waals surface area contributed by atoms with Crippen molar-refractivity contribution in [3.05, 3.63) is 65.7 Å². The van der Waals surface area contributed by atoms with Crippen LogP contribution >= 0.6 is 0 Å². The number of rotatable bonds is 6. The number of nitrogens with zero attached hydrogens (tertiary/aromatic N) is 2. The molecule has 1 aliphatic rings. The molecule has 0 spiro atoms. The van der Waals surface area contributed by atoms with E-state index in [2.05, 4.69) is 24.3 Å². The Labute approximate surface area is 160 Å². The van der Waals surface area contributed by atoms with Crippen molar-refractivity contribution in [2.75, 3.05) is 11.9 Å². The summed E-state index contributed by atoms with van der Waals surface area (Å²) in [5.74, 6) is 0.123. The van der Waals surface area contributed by atoms with E-state index in [1.807, 2.05) is 54.6 Å². The molecule has 0 atom stereocenters. The molecule has 140 valence electrons. The summed E-state index contributed by atoms with van der Waals surface area (Å²) in [6.07, 6.45) is 1.04. The summed E-state index contributed by atoms with van der Waals surface area (Å²) in [7, 11) is 0. The molecule has 2 amide bonds. The van der Waals surface area contributed by atoms with Crippen molar-refractivity contribution in [2.45, 2.75) is 39.0 Å². The summed E-state index contributed by atoms with van der Waals surface area (Å²) in [6, 6.07) is 17.7. The maximum absolute atomic E-state index is 12.4. The number of hydrazone groups is 1. The van der Waals surface area contributed by atoms with Crippen LogP contribution in [0.25, 0.3) is 0 Å². The monoisotopic (exact) mass is 363 g/mol. The molecule has 0 aliphatic carbocycles. The predicted octanol–water partition coefficient (Wildman–Crippen LogP) is 4.17. The minimum absolute atomic E-state index is 0.119. The van der Waals surface area contributed by atoms with Crippen molar-refractivity contribution < 1.29 is 9.59 Å². The highest BCUT2D eigenvalue weighted by atomic mass is 16.2. The van der Waals surface area contributed by atoms with Gasteiger partial charge in [-0.05, 0) is 29.2 Å². The normalized spacial score (nSPS) is 13.6. The molecule has 0 unspecified atom stereocenters. The summed E-state index contributed by atoms with van der Waals surface area (Å²) in [5, 5.41) is 8.77. The Morgan fingerprint density at radius 2 is 1.85 bits per heavy atom. The van der Waals surface area contributed by atoms with Gasteiger partial charge in [-0.15, -0.1) is 0 Å². The number of nitrogens with one attached hydrogen (secondary N) is 1. The van der Waals surface area contributed by atoms with E-state index < -0.39 is 0 Å². The topological polar surface area (TPSA) is 61.8 Å². The number of carbonyl (C=O) groups is 2. The highest BCUT2D eigenvalue weighted by molar-refractivity contribution is 6.02. The fraction of sp³-hybridized carbons (Fsp3) is 0.318. The Kier molecular flexibility index (Phi) is 6.01. The van der Waals surface area contributed by atoms with E-state index in [0.717, 1.165) is 23.4 Å². The molecule has 0 aromatic heterocycles. The van der Waals surface area contributed by atoms with Gasteiger partial charge in [-0.1, -0.05) is 56.3 Å². The lowest BCUT2D eigenvalue weighted by Gasteiger charge is -2.12. The molecule has 1 aliphatic heterocycles. The molecular weight excluding hydrogens is 338 g/mol. The molecule has 5 nitrogen and oxygen atoms in total. The highest BCUT2D eigenvalue weighted by Gasteiger charge is 2.21. The predicted molar refractivity (Wildman–Crippen MR) is 108 cm³/mol. The maximum Gasteiger partial charge on any atom is 0.243 e. The van der Waals surface area contributed by atoms with Crippen LogP contribution in [-0.4, -0.2) is 29.1 Å². The first-order chi connectivity index (χ1) is 13.0. The van der Waals surface area contributed by atoms with E-state index in [0.29, 0.717) is 12.5 Å². The molecule has 2 aromatic carbocycles. The second kappa shape index (κ2) is 8.62. The number of anilines is 1. The van der Waals surface area contributed by atoms with E-state index >= 15 is 0 Å². The van der Waals surface area contributed by atoms with Gasteiger partial charge >= 0.3 is 0 Å². The van der Waals surface area contributed by atoms with E-state index in [-0.39, 0.29) is 24.7 Å². The van der Waals surface area contributed by atoms with Gasteiger partial charge in [0.2, 0.25) is 11.8 Å². The van der Waals surface area contributed by atoms with Crippen LogP contribution < -0.4 is 5.32 Å². The van der Waals surface area contributed by atoms with Crippen molar-refractivity contribution in [3.8, 4) is 0 Å². The smallest absolute Gasteiger partial charge is 0.243 e. The lowest BCUT2D eigenvalue weighted by Crippen LogP contribution is -2.25. The van der Waals surface area contributed by atoms with Gasteiger partial charge in [0.25, 0.3) is 0 Å². The average molecular weight is 363 g/mol. The molecule has 27 heavy (non-hydrogen) atoms. The fourth-order valence-corrected chi connectivity index (χ4v) is 3.02. The molecule has 2 aromatic rings. The van der Waals surface area contributed by atoms with E-state index in [4.69, 9.17) is 0 Å². The molecule has 0 saturated carbocycles. The van der Waals surface area contributed by atoms with Crippen LogP contribution in [0.1, 0.15) is 50.2 Å². The first-order valence-corrected chi connectivity index (χ1v) is 9.36. The Bertz CT molecular complexity index is 844. The lowest BCUT2D eigenvalue weighted by atomic mass is 10.0.